The molecular formula is C27H35N3O3. The van der Waals surface area contributed by atoms with Crippen LogP contribution in [0.1, 0.15) is 68.6 Å². The maximum atomic E-state index is 14.1. The lowest BCUT2D eigenvalue weighted by Gasteiger charge is -2.30. The molecule has 176 valence electrons. The minimum Gasteiger partial charge on any atom is -0.381 e. The molecule has 4 aliphatic rings. The average molecular weight is 450 g/mol. The van der Waals surface area contributed by atoms with Gasteiger partial charge in [-0.1, -0.05) is 24.8 Å². The summed E-state index contributed by atoms with van der Waals surface area (Å²) in [6.45, 7) is 3.37. The number of carbonyl (C=O) groups is 1. The molecule has 2 heterocycles. The van der Waals surface area contributed by atoms with Gasteiger partial charge in [0.05, 0.1) is 18.8 Å². The number of amides is 1. The van der Waals surface area contributed by atoms with Crippen LogP contribution in [0.2, 0.25) is 0 Å². The number of rotatable bonds is 7. The zero-order chi connectivity index (χ0) is 23.0. The lowest BCUT2D eigenvalue weighted by atomic mass is 9.80. The molecule has 1 spiro atoms. The van der Waals surface area contributed by atoms with Crippen LogP contribution < -0.4 is 5.73 Å². The highest BCUT2D eigenvalue weighted by molar-refractivity contribution is 6.08. The summed E-state index contributed by atoms with van der Waals surface area (Å²) < 4.78 is 11.4. The average Bonchev–Trinajstić information content (AvgIpc) is 3.32. The molecule has 0 bridgehead atoms. The quantitative estimate of drug-likeness (QED) is 0.648. The Hall–Kier alpha value is -2.36. The number of carbonyl (C=O) groups excluding carboxylic acids is 1. The van der Waals surface area contributed by atoms with Crippen molar-refractivity contribution in [2.75, 3.05) is 20.3 Å². The molecule has 0 aromatic heterocycles. The smallest absolute Gasteiger partial charge is 0.262 e. The second kappa shape index (κ2) is 9.12. The van der Waals surface area contributed by atoms with E-state index in [-0.39, 0.29) is 24.0 Å². The molecule has 5 rings (SSSR count). The predicted molar refractivity (Wildman–Crippen MR) is 128 cm³/mol. The van der Waals surface area contributed by atoms with E-state index in [1.54, 1.807) is 12.0 Å². The molecule has 4 atom stereocenters. The zero-order valence-corrected chi connectivity index (χ0v) is 19.8. The second-order valence-corrected chi connectivity index (χ2v) is 9.95. The molecule has 3 unspecified atom stereocenters. The molecule has 33 heavy (non-hydrogen) atoms. The zero-order valence-electron chi connectivity index (χ0n) is 19.8. The summed E-state index contributed by atoms with van der Waals surface area (Å²) in [7, 11) is 1.76. The van der Waals surface area contributed by atoms with Crippen molar-refractivity contribution >= 4 is 11.9 Å². The summed E-state index contributed by atoms with van der Waals surface area (Å²) in [6, 6.07) is 6.33. The molecule has 2 aliphatic carbocycles. The van der Waals surface area contributed by atoms with Crippen molar-refractivity contribution < 1.29 is 14.3 Å². The first-order chi connectivity index (χ1) is 16.0. The van der Waals surface area contributed by atoms with E-state index >= 15 is 0 Å². The molecular weight excluding hydrogens is 414 g/mol. The van der Waals surface area contributed by atoms with E-state index in [9.17, 15) is 4.79 Å². The third kappa shape index (κ3) is 4.18. The van der Waals surface area contributed by atoms with Crippen molar-refractivity contribution in [3.63, 3.8) is 0 Å². The fourth-order valence-corrected chi connectivity index (χ4v) is 5.63. The van der Waals surface area contributed by atoms with Crippen LogP contribution in [0.15, 0.2) is 23.2 Å². The monoisotopic (exact) mass is 449 g/mol. The minimum atomic E-state index is -0.957. The Balaban J connectivity index is 1.49. The minimum absolute atomic E-state index is 0.00276. The number of methoxy groups -OCH3 is 1. The third-order valence-electron chi connectivity index (χ3n) is 7.75. The van der Waals surface area contributed by atoms with Crippen molar-refractivity contribution in [2.24, 2.45) is 22.6 Å². The van der Waals surface area contributed by atoms with Crippen LogP contribution >= 0.6 is 0 Å². The number of guanidine groups is 1. The van der Waals surface area contributed by atoms with Crippen LogP contribution in [0.5, 0.6) is 0 Å². The van der Waals surface area contributed by atoms with Crippen molar-refractivity contribution in [1.82, 2.24) is 4.90 Å². The molecule has 1 saturated carbocycles. The SMILES string of the molecule is CCC(CCC1Cc2ccc(C#CC3CC3)cc2[C@@]12N=C(N)N(CC1CCCO1)C2=O)OC. The molecule has 6 heteroatoms. The molecule has 2 N–H and O–H groups in total. The number of nitrogens with two attached hydrogens (primary N) is 1. The number of hydrogen-bond donors (Lipinski definition) is 1. The summed E-state index contributed by atoms with van der Waals surface area (Å²) in [4.78, 5) is 20.7. The van der Waals surface area contributed by atoms with Gasteiger partial charge in [0.25, 0.3) is 5.91 Å². The first kappa shape index (κ1) is 22.4. The van der Waals surface area contributed by atoms with Gasteiger partial charge in [-0.3, -0.25) is 9.69 Å². The first-order valence-electron chi connectivity index (χ1n) is 12.5. The summed E-state index contributed by atoms with van der Waals surface area (Å²) in [5.74, 6) is 7.58. The van der Waals surface area contributed by atoms with Crippen LogP contribution in [0.4, 0.5) is 0 Å². The van der Waals surface area contributed by atoms with Gasteiger partial charge in [0.1, 0.15) is 0 Å². The fourth-order valence-electron chi connectivity index (χ4n) is 5.63. The molecule has 2 aliphatic heterocycles. The van der Waals surface area contributed by atoms with Gasteiger partial charge in [0, 0.05) is 31.1 Å². The Morgan fingerprint density at radius 3 is 2.91 bits per heavy atom. The lowest BCUT2D eigenvalue weighted by Crippen LogP contribution is -2.47. The number of hydrogen-bond acceptors (Lipinski definition) is 5. The van der Waals surface area contributed by atoms with Crippen molar-refractivity contribution in [3.8, 4) is 11.8 Å². The molecule has 1 aromatic carbocycles. The van der Waals surface area contributed by atoms with Crippen LogP contribution in [-0.2, 0) is 26.2 Å². The van der Waals surface area contributed by atoms with Crippen LogP contribution in [0, 0.1) is 23.7 Å². The van der Waals surface area contributed by atoms with E-state index in [1.165, 1.54) is 18.4 Å². The Labute approximate surface area is 196 Å². The normalized spacial score (nSPS) is 29.2. The highest BCUT2D eigenvalue weighted by atomic mass is 16.5. The molecule has 1 saturated heterocycles. The van der Waals surface area contributed by atoms with Gasteiger partial charge in [-0.25, -0.2) is 4.99 Å². The van der Waals surface area contributed by atoms with E-state index in [1.807, 2.05) is 0 Å². The van der Waals surface area contributed by atoms with Crippen molar-refractivity contribution in [3.05, 3.63) is 34.9 Å². The molecule has 0 radical (unpaired) electrons. The van der Waals surface area contributed by atoms with Crippen LogP contribution in [0.25, 0.3) is 0 Å². The van der Waals surface area contributed by atoms with E-state index in [0.717, 1.165) is 56.3 Å². The predicted octanol–water partition coefficient (Wildman–Crippen LogP) is 3.36. The maximum absolute atomic E-state index is 14.1. The van der Waals surface area contributed by atoms with Crippen LogP contribution in [-0.4, -0.2) is 49.2 Å². The van der Waals surface area contributed by atoms with Gasteiger partial charge < -0.3 is 15.2 Å². The summed E-state index contributed by atoms with van der Waals surface area (Å²) in [5, 5.41) is 0. The number of aliphatic imine (C=N–C) groups is 1. The van der Waals surface area contributed by atoms with E-state index < -0.39 is 5.54 Å². The Morgan fingerprint density at radius 2 is 2.21 bits per heavy atom. The van der Waals surface area contributed by atoms with Gasteiger partial charge in [0.2, 0.25) is 0 Å². The number of nitrogens with zero attached hydrogens (tertiary/aromatic N) is 2. The van der Waals surface area contributed by atoms with Gasteiger partial charge in [-0.2, -0.15) is 0 Å². The first-order valence-corrected chi connectivity index (χ1v) is 12.5. The highest BCUT2D eigenvalue weighted by Gasteiger charge is 2.58. The number of fused-ring (bicyclic) bond motifs is 2. The lowest BCUT2D eigenvalue weighted by molar-refractivity contribution is -0.134. The Bertz CT molecular complexity index is 996. The largest absolute Gasteiger partial charge is 0.381 e. The van der Waals surface area contributed by atoms with Crippen molar-refractivity contribution in [1.29, 1.82) is 0 Å². The van der Waals surface area contributed by atoms with Gasteiger partial charge in [-0.05, 0) is 74.6 Å². The summed E-state index contributed by atoms with van der Waals surface area (Å²) in [5.41, 5.74) is 8.60. The Kier molecular flexibility index (Phi) is 6.20. The van der Waals surface area contributed by atoms with Gasteiger partial charge in [-0.15, -0.1) is 0 Å². The van der Waals surface area contributed by atoms with E-state index in [2.05, 4.69) is 37.0 Å². The van der Waals surface area contributed by atoms with Gasteiger partial charge in [0.15, 0.2) is 11.5 Å². The molecule has 1 aromatic rings. The molecule has 1 amide bonds. The van der Waals surface area contributed by atoms with E-state index in [0.29, 0.717) is 18.4 Å². The molecule has 2 fully saturated rings. The topological polar surface area (TPSA) is 77.1 Å². The second-order valence-electron chi connectivity index (χ2n) is 9.95. The maximum Gasteiger partial charge on any atom is 0.262 e. The van der Waals surface area contributed by atoms with E-state index in [4.69, 9.17) is 20.2 Å². The number of ether oxygens (including phenoxy) is 2. The summed E-state index contributed by atoms with van der Waals surface area (Å²) in [6.07, 6.45) is 8.12. The third-order valence-corrected chi connectivity index (χ3v) is 7.75. The molecule has 6 nitrogen and oxygen atoms in total. The van der Waals surface area contributed by atoms with Crippen molar-refractivity contribution in [2.45, 2.75) is 76.0 Å². The number of benzene rings is 1. The van der Waals surface area contributed by atoms with Gasteiger partial charge >= 0.3 is 0 Å². The highest BCUT2D eigenvalue weighted by Crippen LogP contribution is 2.50. The van der Waals surface area contributed by atoms with Crippen LogP contribution in [0.3, 0.4) is 0 Å². The summed E-state index contributed by atoms with van der Waals surface area (Å²) >= 11 is 0. The Morgan fingerprint density at radius 1 is 1.36 bits per heavy atom. The fraction of sp³-hybridized carbons (Fsp3) is 0.630. The standard InChI is InChI=1S/C27H35N3O3/c1-3-22(32-2)13-12-21-16-20-11-10-19(9-8-18-6-7-18)15-24(20)27(21)25(31)30(26(28)29-27)17-23-5-4-14-33-23/h10-11,15,18,21-23H,3-7,12-14,16-17H2,1-2H3,(H2,28,29)/t21?,22?,23?,27-/m0/s1.